The highest BCUT2D eigenvalue weighted by Gasteiger charge is 2.19. The van der Waals surface area contributed by atoms with Crippen LogP contribution < -0.4 is 19.7 Å². The van der Waals surface area contributed by atoms with E-state index in [1.54, 1.807) is 19.2 Å². The first-order valence-corrected chi connectivity index (χ1v) is 9.16. The standard InChI is InChI=1S/C21H26N2O3/c1-3-20(26-19-12-10-18(25-2)11-13-19)21(24)22-16-6-8-17(9-7-16)23-14-4-5-15-23/h6-13,20H,3-5,14-15H2,1-2H3,(H,22,24). The molecule has 2 aromatic rings. The summed E-state index contributed by atoms with van der Waals surface area (Å²) in [7, 11) is 1.62. The van der Waals surface area contributed by atoms with Crippen molar-refractivity contribution in [2.45, 2.75) is 32.3 Å². The normalized spacial score (nSPS) is 14.8. The molecule has 1 fully saturated rings. The van der Waals surface area contributed by atoms with E-state index >= 15 is 0 Å². The van der Waals surface area contributed by atoms with Gasteiger partial charge < -0.3 is 19.7 Å². The number of benzene rings is 2. The Labute approximate surface area is 154 Å². The summed E-state index contributed by atoms with van der Waals surface area (Å²) in [6, 6.07) is 15.3. The molecule has 0 saturated carbocycles. The van der Waals surface area contributed by atoms with Gasteiger partial charge in [0.1, 0.15) is 11.5 Å². The van der Waals surface area contributed by atoms with Crippen LogP contribution in [-0.2, 0) is 4.79 Å². The van der Waals surface area contributed by atoms with Crippen LogP contribution in [0.4, 0.5) is 11.4 Å². The van der Waals surface area contributed by atoms with Crippen molar-refractivity contribution < 1.29 is 14.3 Å². The second kappa shape index (κ2) is 8.61. The van der Waals surface area contributed by atoms with Gasteiger partial charge in [0.05, 0.1) is 7.11 Å². The Morgan fingerprint density at radius 1 is 1.04 bits per heavy atom. The van der Waals surface area contributed by atoms with Crippen molar-refractivity contribution in [3.8, 4) is 11.5 Å². The van der Waals surface area contributed by atoms with Crippen LogP contribution in [0, 0.1) is 0 Å². The van der Waals surface area contributed by atoms with Crippen LogP contribution in [0.25, 0.3) is 0 Å². The monoisotopic (exact) mass is 354 g/mol. The summed E-state index contributed by atoms with van der Waals surface area (Å²) in [5.74, 6) is 1.27. The van der Waals surface area contributed by atoms with Crippen molar-refractivity contribution >= 4 is 17.3 Å². The molecule has 2 aromatic carbocycles. The van der Waals surface area contributed by atoms with Gasteiger partial charge in [-0.15, -0.1) is 0 Å². The van der Waals surface area contributed by atoms with Crippen LogP contribution in [0.5, 0.6) is 11.5 Å². The van der Waals surface area contributed by atoms with E-state index in [2.05, 4.69) is 22.3 Å². The maximum Gasteiger partial charge on any atom is 0.265 e. The van der Waals surface area contributed by atoms with Crippen LogP contribution in [0.3, 0.4) is 0 Å². The summed E-state index contributed by atoms with van der Waals surface area (Å²) >= 11 is 0. The smallest absolute Gasteiger partial charge is 0.265 e. The number of carbonyl (C=O) groups is 1. The molecular weight excluding hydrogens is 328 g/mol. The lowest BCUT2D eigenvalue weighted by Crippen LogP contribution is -2.32. The van der Waals surface area contributed by atoms with E-state index in [1.807, 2.05) is 31.2 Å². The number of hydrogen-bond acceptors (Lipinski definition) is 4. The molecule has 0 radical (unpaired) electrons. The largest absolute Gasteiger partial charge is 0.497 e. The number of methoxy groups -OCH3 is 1. The quantitative estimate of drug-likeness (QED) is 0.814. The Bertz CT molecular complexity index is 707. The topological polar surface area (TPSA) is 50.8 Å². The maximum atomic E-state index is 12.5. The number of carbonyl (C=O) groups excluding carboxylic acids is 1. The number of ether oxygens (including phenoxy) is 2. The fourth-order valence-electron chi connectivity index (χ4n) is 3.09. The third kappa shape index (κ3) is 4.48. The lowest BCUT2D eigenvalue weighted by Gasteiger charge is -2.19. The number of nitrogens with one attached hydrogen (secondary N) is 1. The molecule has 0 aromatic heterocycles. The van der Waals surface area contributed by atoms with Crippen LogP contribution in [-0.4, -0.2) is 32.2 Å². The fraction of sp³-hybridized carbons (Fsp3) is 0.381. The summed E-state index contributed by atoms with van der Waals surface area (Å²) in [5, 5.41) is 2.95. The third-order valence-electron chi connectivity index (χ3n) is 4.61. The zero-order valence-electron chi connectivity index (χ0n) is 15.4. The first-order chi connectivity index (χ1) is 12.7. The fourth-order valence-corrected chi connectivity index (χ4v) is 3.09. The van der Waals surface area contributed by atoms with Gasteiger partial charge in [0.15, 0.2) is 6.10 Å². The average molecular weight is 354 g/mol. The highest BCUT2D eigenvalue weighted by atomic mass is 16.5. The molecule has 1 amide bonds. The Kier molecular flexibility index (Phi) is 6.00. The summed E-state index contributed by atoms with van der Waals surface area (Å²) < 4.78 is 11.0. The number of hydrogen-bond donors (Lipinski definition) is 1. The van der Waals surface area contributed by atoms with E-state index in [-0.39, 0.29) is 5.91 Å². The third-order valence-corrected chi connectivity index (χ3v) is 4.61. The highest BCUT2D eigenvalue weighted by Crippen LogP contribution is 2.23. The molecule has 26 heavy (non-hydrogen) atoms. The summed E-state index contributed by atoms with van der Waals surface area (Å²) in [6.07, 6.45) is 2.55. The minimum Gasteiger partial charge on any atom is -0.497 e. The highest BCUT2D eigenvalue weighted by molar-refractivity contribution is 5.94. The van der Waals surface area contributed by atoms with Gasteiger partial charge in [-0.25, -0.2) is 0 Å². The minimum atomic E-state index is -0.540. The van der Waals surface area contributed by atoms with E-state index < -0.39 is 6.10 Å². The second-order valence-electron chi connectivity index (χ2n) is 6.42. The molecule has 1 aliphatic rings. The van der Waals surface area contributed by atoms with Gasteiger partial charge in [-0.1, -0.05) is 6.92 Å². The molecule has 1 heterocycles. The average Bonchev–Trinajstić information content (AvgIpc) is 3.22. The predicted molar refractivity (Wildman–Crippen MR) is 104 cm³/mol. The van der Waals surface area contributed by atoms with Gasteiger partial charge in [0.25, 0.3) is 5.91 Å². The molecule has 1 aliphatic heterocycles. The molecule has 5 nitrogen and oxygen atoms in total. The van der Waals surface area contributed by atoms with Crippen LogP contribution in [0.15, 0.2) is 48.5 Å². The maximum absolute atomic E-state index is 12.5. The molecule has 0 spiro atoms. The van der Waals surface area contributed by atoms with Gasteiger partial charge in [-0.2, -0.15) is 0 Å². The van der Waals surface area contributed by atoms with Crippen LogP contribution in [0.1, 0.15) is 26.2 Å². The molecule has 1 atom stereocenters. The predicted octanol–water partition coefficient (Wildman–Crippen LogP) is 4.09. The lowest BCUT2D eigenvalue weighted by atomic mass is 10.2. The van der Waals surface area contributed by atoms with Gasteiger partial charge in [-0.3, -0.25) is 4.79 Å². The molecule has 5 heteroatoms. The van der Waals surface area contributed by atoms with Crippen molar-refractivity contribution in [1.82, 2.24) is 0 Å². The molecule has 1 N–H and O–H groups in total. The Morgan fingerprint density at radius 3 is 2.23 bits per heavy atom. The van der Waals surface area contributed by atoms with Crippen LogP contribution in [0.2, 0.25) is 0 Å². The molecule has 0 aliphatic carbocycles. The molecule has 1 saturated heterocycles. The Morgan fingerprint density at radius 2 is 1.65 bits per heavy atom. The first-order valence-electron chi connectivity index (χ1n) is 9.16. The van der Waals surface area contributed by atoms with E-state index in [9.17, 15) is 4.79 Å². The molecule has 3 rings (SSSR count). The lowest BCUT2D eigenvalue weighted by molar-refractivity contribution is -0.122. The number of nitrogens with zero attached hydrogens (tertiary/aromatic N) is 1. The minimum absolute atomic E-state index is 0.141. The molecule has 1 unspecified atom stereocenters. The summed E-state index contributed by atoms with van der Waals surface area (Å²) in [5.41, 5.74) is 2.00. The summed E-state index contributed by atoms with van der Waals surface area (Å²) in [4.78, 5) is 14.9. The van der Waals surface area contributed by atoms with Crippen LogP contribution >= 0.6 is 0 Å². The van der Waals surface area contributed by atoms with Gasteiger partial charge in [-0.05, 0) is 67.8 Å². The SMILES string of the molecule is CCC(Oc1ccc(OC)cc1)C(=O)Nc1ccc(N2CCCC2)cc1. The number of rotatable bonds is 7. The zero-order valence-corrected chi connectivity index (χ0v) is 15.4. The van der Waals surface area contributed by atoms with Gasteiger partial charge in [0, 0.05) is 24.5 Å². The Hall–Kier alpha value is -2.69. The van der Waals surface area contributed by atoms with Gasteiger partial charge >= 0.3 is 0 Å². The first kappa shape index (κ1) is 18.1. The van der Waals surface area contributed by atoms with E-state index in [4.69, 9.17) is 9.47 Å². The van der Waals surface area contributed by atoms with Crippen molar-refractivity contribution in [3.05, 3.63) is 48.5 Å². The summed E-state index contributed by atoms with van der Waals surface area (Å²) in [6.45, 7) is 4.16. The molecular formula is C21H26N2O3. The van der Waals surface area contributed by atoms with E-state index in [0.29, 0.717) is 12.2 Å². The second-order valence-corrected chi connectivity index (χ2v) is 6.42. The van der Waals surface area contributed by atoms with Crippen molar-refractivity contribution in [2.24, 2.45) is 0 Å². The zero-order chi connectivity index (χ0) is 18.4. The molecule has 138 valence electrons. The van der Waals surface area contributed by atoms with Crippen molar-refractivity contribution in [1.29, 1.82) is 0 Å². The molecule has 0 bridgehead atoms. The van der Waals surface area contributed by atoms with E-state index in [1.165, 1.54) is 18.5 Å². The van der Waals surface area contributed by atoms with E-state index in [0.717, 1.165) is 24.5 Å². The Balaban J connectivity index is 1.59. The van der Waals surface area contributed by atoms with Crippen molar-refractivity contribution in [3.63, 3.8) is 0 Å². The number of anilines is 2. The van der Waals surface area contributed by atoms with Gasteiger partial charge in [0.2, 0.25) is 0 Å². The number of amides is 1. The van der Waals surface area contributed by atoms with Crippen molar-refractivity contribution in [2.75, 3.05) is 30.4 Å².